The number of aliphatic hydroxyl groups excluding tert-OH is 2. The second kappa shape index (κ2) is 9.40. The van der Waals surface area contributed by atoms with Crippen molar-refractivity contribution in [3.63, 3.8) is 0 Å². The molecule has 0 saturated carbocycles. The van der Waals surface area contributed by atoms with Gasteiger partial charge < -0.3 is 19.8 Å². The lowest BCUT2D eigenvalue weighted by atomic mass is 10.1. The van der Waals surface area contributed by atoms with Crippen molar-refractivity contribution in [2.75, 3.05) is 24.6 Å². The number of allylic oxidation sites excluding steroid dienone is 1. The fourth-order valence-corrected chi connectivity index (χ4v) is 3.95. The molecule has 2 aliphatic heterocycles. The zero-order chi connectivity index (χ0) is 18.4. The molecule has 0 spiro atoms. The summed E-state index contributed by atoms with van der Waals surface area (Å²) in [6.45, 7) is 2.35. The van der Waals surface area contributed by atoms with Crippen LogP contribution in [0.5, 0.6) is 0 Å². The molecule has 1 aromatic rings. The number of anilines is 1. The Balaban J connectivity index is 1.58. The average molecular weight is 375 g/mol. The van der Waals surface area contributed by atoms with E-state index in [0.29, 0.717) is 11.3 Å². The maximum absolute atomic E-state index is 9.80. The Morgan fingerprint density at radius 3 is 2.65 bits per heavy atom. The summed E-state index contributed by atoms with van der Waals surface area (Å²) >= 11 is 1.15. The largest absolute Gasteiger partial charge is 0.391 e. The molecule has 2 unspecified atom stereocenters. The van der Waals surface area contributed by atoms with Gasteiger partial charge in [0, 0.05) is 18.8 Å². The van der Waals surface area contributed by atoms with Crippen LogP contribution in [0.1, 0.15) is 31.2 Å². The summed E-state index contributed by atoms with van der Waals surface area (Å²) in [6, 6.07) is 9.97. The standard InChI is InChI=1S/C19H25N3O3S/c20-12-17(26-21-18-11-16(23)13-25-19(18)24)10-14-4-6-15(7-5-14)22-8-2-1-3-9-22/h4-7,10,16,18-19,21,23-24H,1-3,8-9,11,13H2/b17-10+/t16?,18-,19?/m1/s1. The van der Waals surface area contributed by atoms with Gasteiger partial charge in [0.1, 0.15) is 11.0 Å². The first-order valence-electron chi connectivity index (χ1n) is 9.02. The lowest BCUT2D eigenvalue weighted by Crippen LogP contribution is -2.46. The van der Waals surface area contributed by atoms with Crippen molar-refractivity contribution in [1.29, 1.82) is 5.26 Å². The normalized spacial score (nSPS) is 27.2. The smallest absolute Gasteiger partial charge is 0.171 e. The Hall–Kier alpha value is -1.56. The second-order valence-electron chi connectivity index (χ2n) is 6.70. The summed E-state index contributed by atoms with van der Waals surface area (Å²) in [5.41, 5.74) is 2.18. The van der Waals surface area contributed by atoms with Gasteiger partial charge in [-0.25, -0.2) is 0 Å². The summed E-state index contributed by atoms with van der Waals surface area (Å²) in [5, 5.41) is 28.8. The Kier molecular flexibility index (Phi) is 6.94. The van der Waals surface area contributed by atoms with E-state index >= 15 is 0 Å². The molecular weight excluding hydrogens is 350 g/mol. The average Bonchev–Trinajstić information content (AvgIpc) is 2.68. The highest BCUT2D eigenvalue weighted by molar-refractivity contribution is 8.01. The first-order valence-corrected chi connectivity index (χ1v) is 9.84. The van der Waals surface area contributed by atoms with Gasteiger partial charge in [-0.1, -0.05) is 12.1 Å². The van der Waals surface area contributed by atoms with Crippen LogP contribution in [0.4, 0.5) is 5.69 Å². The molecular formula is C19H25N3O3S. The number of rotatable bonds is 5. The third kappa shape index (κ3) is 5.22. The van der Waals surface area contributed by atoms with Gasteiger partial charge in [0.05, 0.1) is 18.8 Å². The van der Waals surface area contributed by atoms with Gasteiger partial charge >= 0.3 is 0 Å². The lowest BCUT2D eigenvalue weighted by Gasteiger charge is -2.31. The first-order chi connectivity index (χ1) is 12.7. The van der Waals surface area contributed by atoms with Gasteiger partial charge in [0.25, 0.3) is 0 Å². The zero-order valence-electron chi connectivity index (χ0n) is 14.7. The zero-order valence-corrected chi connectivity index (χ0v) is 15.5. The van der Waals surface area contributed by atoms with E-state index in [1.807, 2.05) is 18.2 Å². The number of nitriles is 1. The van der Waals surface area contributed by atoms with E-state index in [1.165, 1.54) is 24.9 Å². The minimum absolute atomic E-state index is 0.133. The predicted octanol–water partition coefficient (Wildman–Crippen LogP) is 2.25. The van der Waals surface area contributed by atoms with Crippen LogP contribution in [-0.2, 0) is 4.74 Å². The second-order valence-corrected chi connectivity index (χ2v) is 7.58. The quantitative estimate of drug-likeness (QED) is 0.537. The summed E-state index contributed by atoms with van der Waals surface area (Å²) in [7, 11) is 0. The maximum atomic E-state index is 9.80. The van der Waals surface area contributed by atoms with Crippen LogP contribution >= 0.6 is 11.9 Å². The number of aliphatic hydroxyl groups is 2. The van der Waals surface area contributed by atoms with Crippen LogP contribution in [0.2, 0.25) is 0 Å². The van der Waals surface area contributed by atoms with E-state index in [-0.39, 0.29) is 6.61 Å². The third-order valence-corrected chi connectivity index (χ3v) is 5.52. The van der Waals surface area contributed by atoms with Crippen molar-refractivity contribution in [1.82, 2.24) is 4.72 Å². The van der Waals surface area contributed by atoms with Crippen molar-refractivity contribution in [2.24, 2.45) is 0 Å². The number of benzene rings is 1. The van der Waals surface area contributed by atoms with E-state index in [2.05, 4.69) is 27.8 Å². The van der Waals surface area contributed by atoms with Gasteiger partial charge in [0.2, 0.25) is 0 Å². The molecule has 0 amide bonds. The molecule has 0 bridgehead atoms. The molecule has 140 valence electrons. The minimum atomic E-state index is -0.977. The molecule has 2 saturated heterocycles. The van der Waals surface area contributed by atoms with Crippen LogP contribution in [0, 0.1) is 11.3 Å². The van der Waals surface area contributed by atoms with Crippen molar-refractivity contribution in [3.05, 3.63) is 34.7 Å². The number of nitrogens with one attached hydrogen (secondary N) is 1. The van der Waals surface area contributed by atoms with Crippen LogP contribution in [0.25, 0.3) is 6.08 Å². The molecule has 6 nitrogen and oxygen atoms in total. The van der Waals surface area contributed by atoms with Crippen LogP contribution in [-0.4, -0.2) is 48.3 Å². The highest BCUT2D eigenvalue weighted by Crippen LogP contribution is 2.23. The minimum Gasteiger partial charge on any atom is -0.391 e. The molecule has 0 radical (unpaired) electrons. The van der Waals surface area contributed by atoms with Gasteiger partial charge in [0.15, 0.2) is 6.29 Å². The van der Waals surface area contributed by atoms with Crippen molar-refractivity contribution >= 4 is 23.7 Å². The number of hydrogen-bond donors (Lipinski definition) is 3. The molecule has 3 atom stereocenters. The first kappa shape index (κ1) is 19.2. The fourth-order valence-electron chi connectivity index (χ4n) is 3.22. The van der Waals surface area contributed by atoms with Gasteiger partial charge in [-0.05, 0) is 61.4 Å². The molecule has 3 N–H and O–H groups in total. The molecule has 7 heteroatoms. The lowest BCUT2D eigenvalue weighted by molar-refractivity contribution is -0.168. The van der Waals surface area contributed by atoms with Crippen molar-refractivity contribution < 1.29 is 14.9 Å². The predicted molar refractivity (Wildman–Crippen MR) is 103 cm³/mol. The highest BCUT2D eigenvalue weighted by Gasteiger charge is 2.29. The molecule has 1 aromatic carbocycles. The monoisotopic (exact) mass is 375 g/mol. The highest BCUT2D eigenvalue weighted by atomic mass is 32.2. The van der Waals surface area contributed by atoms with Crippen molar-refractivity contribution in [3.8, 4) is 6.07 Å². The van der Waals surface area contributed by atoms with Crippen LogP contribution in [0.15, 0.2) is 29.2 Å². The van der Waals surface area contributed by atoms with E-state index < -0.39 is 18.4 Å². The summed E-state index contributed by atoms with van der Waals surface area (Å²) in [6.07, 6.45) is 4.41. The number of ether oxygens (including phenoxy) is 1. The fraction of sp³-hybridized carbons (Fsp3) is 0.526. The van der Waals surface area contributed by atoms with E-state index in [1.54, 1.807) is 0 Å². The number of piperidine rings is 1. The van der Waals surface area contributed by atoms with Crippen LogP contribution < -0.4 is 9.62 Å². The SMILES string of the molecule is N#C/C(=C\c1ccc(N2CCCCC2)cc1)SN[C@@H]1CC(O)COC1O. The van der Waals surface area contributed by atoms with Crippen molar-refractivity contribution in [2.45, 2.75) is 44.1 Å². The molecule has 2 fully saturated rings. The Morgan fingerprint density at radius 1 is 1.23 bits per heavy atom. The Bertz CT molecular complexity index is 653. The van der Waals surface area contributed by atoms with Gasteiger partial charge in [-0.3, -0.25) is 4.72 Å². The molecule has 0 aliphatic carbocycles. The Morgan fingerprint density at radius 2 is 1.96 bits per heavy atom. The summed E-state index contributed by atoms with van der Waals surface area (Å²) in [4.78, 5) is 2.89. The third-order valence-electron chi connectivity index (χ3n) is 4.67. The molecule has 26 heavy (non-hydrogen) atoms. The van der Waals surface area contributed by atoms with E-state index in [0.717, 1.165) is 30.6 Å². The molecule has 0 aromatic heterocycles. The van der Waals surface area contributed by atoms with Gasteiger partial charge in [-0.2, -0.15) is 5.26 Å². The molecule has 2 aliphatic rings. The van der Waals surface area contributed by atoms with Crippen LogP contribution in [0.3, 0.4) is 0 Å². The van der Waals surface area contributed by atoms with Gasteiger partial charge in [-0.15, -0.1) is 0 Å². The van der Waals surface area contributed by atoms with E-state index in [4.69, 9.17) is 4.74 Å². The molecule has 2 heterocycles. The number of nitrogens with zero attached hydrogens (tertiary/aromatic N) is 2. The number of hydrogen-bond acceptors (Lipinski definition) is 7. The summed E-state index contributed by atoms with van der Waals surface area (Å²) in [5.74, 6) is 0. The molecule has 3 rings (SSSR count). The maximum Gasteiger partial charge on any atom is 0.171 e. The Labute approximate surface area is 158 Å². The van der Waals surface area contributed by atoms with E-state index in [9.17, 15) is 15.5 Å². The topological polar surface area (TPSA) is 88.8 Å². The summed E-state index contributed by atoms with van der Waals surface area (Å²) < 4.78 is 8.10.